The highest BCUT2D eigenvalue weighted by Gasteiger charge is 2.49. The van der Waals surface area contributed by atoms with E-state index in [-0.39, 0.29) is 24.4 Å². The molecule has 0 spiro atoms. The Labute approximate surface area is 159 Å². The van der Waals surface area contributed by atoms with E-state index in [1.807, 2.05) is 0 Å². The van der Waals surface area contributed by atoms with Crippen LogP contribution in [0.25, 0.3) is 0 Å². The van der Waals surface area contributed by atoms with Crippen molar-refractivity contribution in [1.82, 2.24) is 0 Å². The molecule has 2 aliphatic heterocycles. The predicted molar refractivity (Wildman–Crippen MR) is 101 cm³/mol. The summed E-state index contributed by atoms with van der Waals surface area (Å²) in [4.78, 5) is 0. The quantitative estimate of drug-likeness (QED) is 0.706. The summed E-state index contributed by atoms with van der Waals surface area (Å²) >= 11 is 0. The van der Waals surface area contributed by atoms with E-state index in [1.54, 1.807) is 0 Å². The first-order valence-corrected chi connectivity index (χ1v) is 11.2. The van der Waals surface area contributed by atoms with Crippen LogP contribution in [0.4, 0.5) is 0 Å². The number of ether oxygens (including phenoxy) is 4. The van der Waals surface area contributed by atoms with E-state index in [2.05, 4.69) is 13.8 Å². The third-order valence-electron chi connectivity index (χ3n) is 7.33. The van der Waals surface area contributed by atoms with Crippen LogP contribution in [0.3, 0.4) is 0 Å². The van der Waals surface area contributed by atoms with Crippen molar-refractivity contribution >= 4 is 0 Å². The van der Waals surface area contributed by atoms with Gasteiger partial charge in [0.05, 0.1) is 26.4 Å². The van der Waals surface area contributed by atoms with Gasteiger partial charge in [0.15, 0.2) is 0 Å². The lowest BCUT2D eigenvalue weighted by molar-refractivity contribution is -0.0652. The summed E-state index contributed by atoms with van der Waals surface area (Å²) in [5.41, 5.74) is 0. The summed E-state index contributed by atoms with van der Waals surface area (Å²) < 4.78 is 24.6. The number of hydrogen-bond donors (Lipinski definition) is 0. The minimum Gasteiger partial charge on any atom is -0.373 e. The van der Waals surface area contributed by atoms with Gasteiger partial charge in [-0.15, -0.1) is 0 Å². The van der Waals surface area contributed by atoms with Crippen molar-refractivity contribution in [1.29, 1.82) is 0 Å². The minimum absolute atomic E-state index is 0.0777. The molecule has 26 heavy (non-hydrogen) atoms. The maximum Gasteiger partial charge on any atom is 0.115 e. The highest BCUT2D eigenvalue weighted by molar-refractivity contribution is 4.96. The van der Waals surface area contributed by atoms with E-state index in [1.165, 1.54) is 51.4 Å². The number of fused-ring (bicyclic) bond motifs is 1. The first kappa shape index (κ1) is 19.2. The van der Waals surface area contributed by atoms with Gasteiger partial charge in [-0.2, -0.15) is 0 Å². The monoisotopic (exact) mass is 366 g/mol. The molecule has 0 aromatic carbocycles. The lowest BCUT2D eigenvalue weighted by Crippen LogP contribution is -2.35. The summed E-state index contributed by atoms with van der Waals surface area (Å²) in [6, 6.07) is 0. The van der Waals surface area contributed by atoms with E-state index in [0.717, 1.165) is 36.9 Å². The smallest absolute Gasteiger partial charge is 0.115 e. The lowest BCUT2D eigenvalue weighted by Gasteiger charge is -2.27. The summed E-state index contributed by atoms with van der Waals surface area (Å²) in [5.74, 6) is 3.25. The van der Waals surface area contributed by atoms with E-state index in [4.69, 9.17) is 18.9 Å². The Morgan fingerprint density at radius 2 is 1.00 bits per heavy atom. The van der Waals surface area contributed by atoms with E-state index in [0.29, 0.717) is 13.2 Å². The van der Waals surface area contributed by atoms with E-state index >= 15 is 0 Å². The van der Waals surface area contributed by atoms with Gasteiger partial charge >= 0.3 is 0 Å². The second-order valence-electron chi connectivity index (χ2n) is 9.59. The highest BCUT2D eigenvalue weighted by atomic mass is 16.6. The molecule has 2 saturated carbocycles. The molecule has 2 heterocycles. The molecule has 0 unspecified atom stereocenters. The largest absolute Gasteiger partial charge is 0.373 e. The zero-order valence-corrected chi connectivity index (χ0v) is 16.7. The molecular weight excluding hydrogens is 328 g/mol. The summed E-state index contributed by atoms with van der Waals surface area (Å²) in [6.07, 6.45) is 11.0. The normalized spacial score (nSPS) is 46.4. The lowest BCUT2D eigenvalue weighted by atomic mass is 9.83. The van der Waals surface area contributed by atoms with Crippen molar-refractivity contribution in [2.45, 2.75) is 89.6 Å². The molecule has 0 amide bonds. The molecule has 4 heteroatoms. The van der Waals surface area contributed by atoms with Gasteiger partial charge in [-0.3, -0.25) is 0 Å². The minimum atomic E-state index is 0.0777. The Kier molecular flexibility index (Phi) is 6.56. The van der Waals surface area contributed by atoms with Gasteiger partial charge in [0.1, 0.15) is 24.4 Å². The molecule has 0 aromatic rings. The first-order valence-electron chi connectivity index (χ1n) is 11.2. The summed E-state index contributed by atoms with van der Waals surface area (Å²) in [5, 5.41) is 0. The van der Waals surface area contributed by atoms with Gasteiger partial charge in [0.25, 0.3) is 0 Å². The van der Waals surface area contributed by atoms with Crippen molar-refractivity contribution < 1.29 is 18.9 Å². The van der Waals surface area contributed by atoms with Crippen LogP contribution in [0.5, 0.6) is 0 Å². The van der Waals surface area contributed by atoms with E-state index < -0.39 is 0 Å². The average Bonchev–Trinajstić information content (AvgIpc) is 3.23. The van der Waals surface area contributed by atoms with Gasteiger partial charge in [0, 0.05) is 0 Å². The third kappa shape index (κ3) is 4.63. The maximum absolute atomic E-state index is 6.24. The van der Waals surface area contributed by atoms with Gasteiger partial charge in [-0.1, -0.05) is 39.5 Å². The molecule has 4 atom stereocenters. The van der Waals surface area contributed by atoms with Crippen molar-refractivity contribution in [3.05, 3.63) is 0 Å². The molecule has 4 rings (SSSR count). The summed E-state index contributed by atoms with van der Waals surface area (Å²) in [6.45, 7) is 7.82. The van der Waals surface area contributed by atoms with Crippen molar-refractivity contribution in [3.63, 3.8) is 0 Å². The molecule has 0 aromatic heterocycles. The SMILES string of the molecule is CC1CCC(CO[C@H]2CO[C@H]3[C@@H]2OC[C@H]3OCC2CCC(C)CC2)CC1. The maximum atomic E-state index is 6.24. The molecule has 0 bridgehead atoms. The van der Waals surface area contributed by atoms with Crippen LogP contribution in [0.2, 0.25) is 0 Å². The highest BCUT2D eigenvalue weighted by Crippen LogP contribution is 2.34. The van der Waals surface area contributed by atoms with Crippen LogP contribution in [-0.2, 0) is 18.9 Å². The Morgan fingerprint density at radius 1 is 0.615 bits per heavy atom. The molecule has 0 N–H and O–H groups in total. The molecule has 4 fully saturated rings. The Morgan fingerprint density at radius 3 is 1.38 bits per heavy atom. The number of rotatable bonds is 6. The second-order valence-corrected chi connectivity index (χ2v) is 9.59. The zero-order valence-electron chi connectivity index (χ0n) is 16.7. The number of hydrogen-bond acceptors (Lipinski definition) is 4. The van der Waals surface area contributed by atoms with Crippen LogP contribution >= 0.6 is 0 Å². The molecule has 4 nitrogen and oxygen atoms in total. The standard InChI is InChI=1S/C22H38O4/c1-15-3-7-17(8-4-15)11-23-19-13-25-22-20(14-26-21(19)22)24-12-18-9-5-16(2)6-10-18/h15-22H,3-14H2,1-2H3/t15?,16?,17?,18?,19-,20+,21-,22-/m1/s1. The van der Waals surface area contributed by atoms with Crippen molar-refractivity contribution in [2.75, 3.05) is 26.4 Å². The van der Waals surface area contributed by atoms with Crippen LogP contribution in [0.15, 0.2) is 0 Å². The fourth-order valence-corrected chi connectivity index (χ4v) is 5.23. The van der Waals surface area contributed by atoms with Crippen LogP contribution in [0.1, 0.15) is 65.2 Å². The molecule has 2 aliphatic carbocycles. The molecular formula is C22H38O4. The Balaban J connectivity index is 1.18. The van der Waals surface area contributed by atoms with Crippen LogP contribution in [0, 0.1) is 23.7 Å². The summed E-state index contributed by atoms with van der Waals surface area (Å²) in [7, 11) is 0. The van der Waals surface area contributed by atoms with Crippen molar-refractivity contribution in [3.8, 4) is 0 Å². The van der Waals surface area contributed by atoms with Gasteiger partial charge in [0.2, 0.25) is 0 Å². The molecule has 4 aliphatic rings. The topological polar surface area (TPSA) is 36.9 Å². The average molecular weight is 367 g/mol. The Hall–Kier alpha value is -0.160. The van der Waals surface area contributed by atoms with Crippen LogP contribution in [-0.4, -0.2) is 50.8 Å². The first-order chi connectivity index (χ1) is 12.7. The molecule has 0 radical (unpaired) electrons. The third-order valence-corrected chi connectivity index (χ3v) is 7.33. The molecule has 2 saturated heterocycles. The van der Waals surface area contributed by atoms with Gasteiger partial charge < -0.3 is 18.9 Å². The van der Waals surface area contributed by atoms with Gasteiger partial charge in [-0.05, 0) is 49.4 Å². The fraction of sp³-hybridized carbons (Fsp3) is 1.00. The fourth-order valence-electron chi connectivity index (χ4n) is 5.23. The van der Waals surface area contributed by atoms with E-state index in [9.17, 15) is 0 Å². The zero-order chi connectivity index (χ0) is 17.9. The van der Waals surface area contributed by atoms with Crippen molar-refractivity contribution in [2.24, 2.45) is 23.7 Å². The second kappa shape index (κ2) is 8.89. The predicted octanol–water partition coefficient (Wildman–Crippen LogP) is 4.21. The Bertz CT molecular complexity index is 386. The van der Waals surface area contributed by atoms with Gasteiger partial charge in [-0.25, -0.2) is 0 Å². The molecule has 150 valence electrons. The van der Waals surface area contributed by atoms with Crippen LogP contribution < -0.4 is 0 Å².